The maximum absolute atomic E-state index is 12.6. The molecule has 0 radical (unpaired) electrons. The number of rotatable bonds is 2. The van der Waals surface area contributed by atoms with Gasteiger partial charge in [0.05, 0.1) is 11.8 Å². The fourth-order valence-electron chi connectivity index (χ4n) is 4.68. The van der Waals surface area contributed by atoms with E-state index >= 15 is 0 Å². The van der Waals surface area contributed by atoms with E-state index in [-0.39, 0.29) is 47.9 Å². The van der Waals surface area contributed by atoms with Gasteiger partial charge in [0, 0.05) is 13.1 Å². The zero-order valence-corrected chi connectivity index (χ0v) is 12.7. The second-order valence-corrected chi connectivity index (χ2v) is 7.06. The Balaban J connectivity index is 1.46. The molecule has 118 valence electrons. The molecule has 0 N–H and O–H groups in total. The van der Waals surface area contributed by atoms with Gasteiger partial charge in [-0.1, -0.05) is 25.0 Å². The van der Waals surface area contributed by atoms with Gasteiger partial charge in [-0.05, 0) is 31.1 Å². The molecule has 3 amide bonds. The van der Waals surface area contributed by atoms with Crippen molar-refractivity contribution in [3.63, 3.8) is 0 Å². The molecule has 22 heavy (non-hydrogen) atoms. The highest BCUT2D eigenvalue weighted by atomic mass is 16.2. The fraction of sp³-hybridized carbons (Fsp3) is 0.706. The van der Waals surface area contributed by atoms with E-state index in [0.29, 0.717) is 0 Å². The Bertz CT molecular complexity index is 518. The van der Waals surface area contributed by atoms with E-state index in [0.717, 1.165) is 45.2 Å². The summed E-state index contributed by atoms with van der Waals surface area (Å²) >= 11 is 0. The molecule has 4 rings (SSSR count). The monoisotopic (exact) mass is 302 g/mol. The first-order valence-corrected chi connectivity index (χ1v) is 8.48. The Labute approximate surface area is 130 Å². The molecule has 2 aliphatic heterocycles. The molecule has 1 saturated carbocycles. The summed E-state index contributed by atoms with van der Waals surface area (Å²) in [5.74, 6) is -0.262. The molecule has 0 unspecified atom stereocenters. The predicted molar refractivity (Wildman–Crippen MR) is 79.5 cm³/mol. The Kier molecular flexibility index (Phi) is 3.31. The standard InChI is InChI=1S/C17H22N2O3/c20-13(18-7-3-1-2-4-8-18)10-19-16(21)14-11-5-6-12(9-11)15(14)17(19)22/h5-6,11-12,14-15H,1-4,7-10H2/t11-,12+,14-,15+. The number of nitrogens with zero attached hydrogens (tertiary/aromatic N) is 2. The zero-order chi connectivity index (χ0) is 15.3. The summed E-state index contributed by atoms with van der Waals surface area (Å²) in [4.78, 5) is 40.7. The molecular formula is C17H22N2O3. The summed E-state index contributed by atoms with van der Waals surface area (Å²) in [7, 11) is 0. The number of carbonyl (C=O) groups is 3. The van der Waals surface area contributed by atoms with Gasteiger partial charge in [0.2, 0.25) is 17.7 Å². The van der Waals surface area contributed by atoms with E-state index in [2.05, 4.69) is 12.2 Å². The van der Waals surface area contributed by atoms with Crippen LogP contribution in [0.3, 0.4) is 0 Å². The smallest absolute Gasteiger partial charge is 0.242 e. The van der Waals surface area contributed by atoms with Crippen LogP contribution in [0.5, 0.6) is 0 Å². The highest BCUT2D eigenvalue weighted by Crippen LogP contribution is 2.52. The van der Waals surface area contributed by atoms with Crippen molar-refractivity contribution in [2.75, 3.05) is 19.6 Å². The highest BCUT2D eigenvalue weighted by molar-refractivity contribution is 6.08. The van der Waals surface area contributed by atoms with E-state index in [9.17, 15) is 14.4 Å². The highest BCUT2D eigenvalue weighted by Gasteiger charge is 2.59. The molecule has 5 heteroatoms. The average molecular weight is 302 g/mol. The number of imide groups is 1. The third-order valence-corrected chi connectivity index (χ3v) is 5.81. The van der Waals surface area contributed by atoms with E-state index in [1.807, 2.05) is 4.90 Å². The second-order valence-electron chi connectivity index (χ2n) is 7.06. The van der Waals surface area contributed by atoms with Gasteiger partial charge in [-0.25, -0.2) is 0 Å². The summed E-state index contributed by atoms with van der Waals surface area (Å²) in [6.45, 7) is 1.47. The Morgan fingerprint density at radius 3 is 2.05 bits per heavy atom. The van der Waals surface area contributed by atoms with E-state index in [1.165, 1.54) is 4.90 Å². The maximum Gasteiger partial charge on any atom is 0.242 e. The number of hydrogen-bond acceptors (Lipinski definition) is 3. The van der Waals surface area contributed by atoms with Gasteiger partial charge in [-0.3, -0.25) is 19.3 Å². The van der Waals surface area contributed by atoms with Gasteiger partial charge >= 0.3 is 0 Å². The topological polar surface area (TPSA) is 57.7 Å². The predicted octanol–water partition coefficient (Wildman–Crippen LogP) is 1.20. The summed E-state index contributed by atoms with van der Waals surface area (Å²) in [5, 5.41) is 0. The lowest BCUT2D eigenvalue weighted by atomic mass is 9.85. The maximum atomic E-state index is 12.6. The third kappa shape index (κ3) is 2.02. The van der Waals surface area contributed by atoms with Crippen LogP contribution in [0.4, 0.5) is 0 Å². The van der Waals surface area contributed by atoms with Crippen molar-refractivity contribution < 1.29 is 14.4 Å². The summed E-state index contributed by atoms with van der Waals surface area (Å²) in [6.07, 6.45) is 9.45. The normalized spacial score (nSPS) is 36.9. The van der Waals surface area contributed by atoms with E-state index in [1.54, 1.807) is 0 Å². The fourth-order valence-corrected chi connectivity index (χ4v) is 4.68. The molecule has 2 saturated heterocycles. The van der Waals surface area contributed by atoms with Crippen LogP contribution in [0.2, 0.25) is 0 Å². The van der Waals surface area contributed by atoms with Gasteiger partial charge in [-0.15, -0.1) is 0 Å². The average Bonchev–Trinajstić information content (AvgIpc) is 3.09. The van der Waals surface area contributed by atoms with Crippen LogP contribution in [0.25, 0.3) is 0 Å². The number of allylic oxidation sites excluding steroid dienone is 2. The summed E-state index contributed by atoms with van der Waals surface area (Å²) < 4.78 is 0. The van der Waals surface area contributed by atoms with Crippen molar-refractivity contribution in [3.05, 3.63) is 12.2 Å². The minimum atomic E-state index is -0.195. The molecule has 4 aliphatic rings. The lowest BCUT2D eigenvalue weighted by Crippen LogP contribution is -2.44. The van der Waals surface area contributed by atoms with Crippen molar-refractivity contribution in [1.29, 1.82) is 0 Å². The molecule has 0 spiro atoms. The van der Waals surface area contributed by atoms with Crippen LogP contribution in [0.1, 0.15) is 32.1 Å². The molecule has 3 fully saturated rings. The second kappa shape index (κ2) is 5.21. The SMILES string of the molecule is O=C(CN1C(=O)[C@@H]2[C@H](C1=O)[C@@H]1C=C[C@H]2C1)N1CCCCCC1. The van der Waals surface area contributed by atoms with Crippen molar-refractivity contribution in [1.82, 2.24) is 9.80 Å². The van der Waals surface area contributed by atoms with Crippen LogP contribution in [-0.2, 0) is 14.4 Å². The van der Waals surface area contributed by atoms with Gasteiger partial charge in [0.1, 0.15) is 6.54 Å². The Morgan fingerprint density at radius 2 is 1.50 bits per heavy atom. The van der Waals surface area contributed by atoms with Gasteiger partial charge in [0.25, 0.3) is 0 Å². The van der Waals surface area contributed by atoms with E-state index in [4.69, 9.17) is 0 Å². The van der Waals surface area contributed by atoms with Crippen molar-refractivity contribution in [2.45, 2.75) is 32.1 Å². The minimum Gasteiger partial charge on any atom is -0.341 e. The number of likely N-dealkylation sites (tertiary alicyclic amines) is 2. The minimum absolute atomic E-state index is 0.0515. The van der Waals surface area contributed by atoms with Crippen LogP contribution in [0, 0.1) is 23.7 Å². The Morgan fingerprint density at radius 1 is 0.955 bits per heavy atom. The number of fused-ring (bicyclic) bond motifs is 5. The molecule has 0 aromatic heterocycles. The molecule has 2 aliphatic carbocycles. The molecule has 0 aromatic rings. The first-order valence-electron chi connectivity index (χ1n) is 8.48. The molecule has 2 heterocycles. The van der Waals surface area contributed by atoms with Crippen LogP contribution < -0.4 is 0 Å². The first-order chi connectivity index (χ1) is 10.7. The lowest BCUT2D eigenvalue weighted by molar-refractivity contribution is -0.147. The van der Waals surface area contributed by atoms with Gasteiger partial charge in [-0.2, -0.15) is 0 Å². The first kappa shape index (κ1) is 14.0. The quantitative estimate of drug-likeness (QED) is 0.569. The largest absolute Gasteiger partial charge is 0.341 e. The van der Waals surface area contributed by atoms with Gasteiger partial charge < -0.3 is 4.90 Å². The summed E-state index contributed by atoms with van der Waals surface area (Å²) in [6, 6.07) is 0. The van der Waals surface area contributed by atoms with E-state index < -0.39 is 0 Å². The van der Waals surface area contributed by atoms with Gasteiger partial charge in [0.15, 0.2) is 0 Å². The third-order valence-electron chi connectivity index (χ3n) is 5.81. The zero-order valence-electron chi connectivity index (χ0n) is 12.7. The molecule has 2 bridgehead atoms. The van der Waals surface area contributed by atoms with Crippen molar-refractivity contribution in [3.8, 4) is 0 Å². The summed E-state index contributed by atoms with van der Waals surface area (Å²) in [5.41, 5.74) is 0. The molecule has 5 nitrogen and oxygen atoms in total. The van der Waals surface area contributed by atoms with Crippen LogP contribution in [0.15, 0.2) is 12.2 Å². The lowest BCUT2D eigenvalue weighted by Gasteiger charge is -2.24. The molecule has 0 aromatic carbocycles. The number of hydrogen-bond donors (Lipinski definition) is 0. The molecule has 4 atom stereocenters. The number of carbonyl (C=O) groups excluding carboxylic acids is 3. The molecular weight excluding hydrogens is 280 g/mol. The number of amides is 3. The Hall–Kier alpha value is -1.65. The van der Waals surface area contributed by atoms with Crippen molar-refractivity contribution >= 4 is 17.7 Å². The van der Waals surface area contributed by atoms with Crippen LogP contribution in [-0.4, -0.2) is 47.2 Å². The van der Waals surface area contributed by atoms with Crippen LogP contribution >= 0.6 is 0 Å². The van der Waals surface area contributed by atoms with Crippen molar-refractivity contribution in [2.24, 2.45) is 23.7 Å².